The van der Waals surface area contributed by atoms with Crippen LogP contribution in [0.1, 0.15) is 41.0 Å². The highest BCUT2D eigenvalue weighted by Gasteiger charge is 2.38. The molecular formula is C23H18BrF2NO4. The molecule has 0 atom stereocenters. The number of benzene rings is 2. The molecule has 5 nitrogen and oxygen atoms in total. The monoisotopic (exact) mass is 489 g/mol. The summed E-state index contributed by atoms with van der Waals surface area (Å²) >= 11 is 3.27. The fourth-order valence-corrected chi connectivity index (χ4v) is 4.00. The third kappa shape index (κ3) is 3.76. The summed E-state index contributed by atoms with van der Waals surface area (Å²) in [6.07, 6.45) is 0. The summed E-state index contributed by atoms with van der Waals surface area (Å²) in [7, 11) is 0. The second-order valence-electron chi connectivity index (χ2n) is 7.76. The maximum absolute atomic E-state index is 13.9. The molecule has 31 heavy (non-hydrogen) atoms. The Kier molecular flexibility index (Phi) is 5.21. The third-order valence-electron chi connectivity index (χ3n) is 5.18. The highest BCUT2D eigenvalue weighted by atomic mass is 79.9. The van der Waals surface area contributed by atoms with Crippen LogP contribution >= 0.6 is 15.9 Å². The van der Waals surface area contributed by atoms with Gasteiger partial charge in [-0.25, -0.2) is 13.6 Å². The molecule has 2 heterocycles. The van der Waals surface area contributed by atoms with Gasteiger partial charge in [-0.2, -0.15) is 0 Å². The van der Waals surface area contributed by atoms with E-state index >= 15 is 0 Å². The summed E-state index contributed by atoms with van der Waals surface area (Å²) in [5, 5.41) is 0. The van der Waals surface area contributed by atoms with Crippen molar-refractivity contribution in [3.05, 3.63) is 91.3 Å². The van der Waals surface area contributed by atoms with Crippen molar-refractivity contribution in [3.8, 4) is 11.4 Å². The average Bonchev–Trinajstić information content (AvgIpc) is 2.93. The number of hydrogen-bond acceptors (Lipinski definition) is 4. The fourth-order valence-electron chi connectivity index (χ4n) is 3.59. The van der Waals surface area contributed by atoms with Crippen molar-refractivity contribution in [2.45, 2.75) is 33.0 Å². The predicted octanol–water partition coefficient (Wildman–Crippen LogP) is 5.17. The molecule has 1 aromatic heterocycles. The summed E-state index contributed by atoms with van der Waals surface area (Å²) in [6.45, 7) is 5.15. The van der Waals surface area contributed by atoms with Gasteiger partial charge in [0.05, 0.1) is 5.56 Å². The van der Waals surface area contributed by atoms with Crippen LogP contribution in [0, 0.1) is 18.6 Å². The smallest absolute Gasteiger partial charge is 0.339 e. The molecule has 0 unspecified atom stereocenters. The van der Waals surface area contributed by atoms with Crippen molar-refractivity contribution in [2.24, 2.45) is 0 Å². The van der Waals surface area contributed by atoms with Gasteiger partial charge in [-0.15, -0.1) is 0 Å². The zero-order chi connectivity index (χ0) is 22.5. The van der Waals surface area contributed by atoms with Crippen molar-refractivity contribution in [2.75, 3.05) is 0 Å². The van der Waals surface area contributed by atoms with E-state index in [9.17, 15) is 18.4 Å². The number of esters is 1. The number of cyclic esters (lactones) is 1. The number of aryl methyl sites for hydroxylation is 1. The first-order valence-electron chi connectivity index (χ1n) is 9.45. The minimum atomic E-state index is -0.792. The molecule has 0 N–H and O–H groups in total. The van der Waals surface area contributed by atoms with Crippen molar-refractivity contribution in [1.29, 1.82) is 0 Å². The molecule has 0 bridgehead atoms. The first kappa shape index (κ1) is 21.2. The Balaban J connectivity index is 1.70. The molecule has 8 heteroatoms. The van der Waals surface area contributed by atoms with E-state index < -0.39 is 23.2 Å². The number of carbonyl (C=O) groups excluding carboxylic acids is 1. The van der Waals surface area contributed by atoms with E-state index in [-0.39, 0.29) is 28.0 Å². The lowest BCUT2D eigenvalue weighted by molar-refractivity contribution is 0.00953. The van der Waals surface area contributed by atoms with Crippen LogP contribution in [-0.4, -0.2) is 10.5 Å². The van der Waals surface area contributed by atoms with Crippen molar-refractivity contribution < 1.29 is 23.0 Å². The second-order valence-corrected chi connectivity index (χ2v) is 8.55. The van der Waals surface area contributed by atoms with Gasteiger partial charge in [-0.05, 0) is 67.0 Å². The molecule has 0 fully saturated rings. The topological polar surface area (TPSA) is 57.5 Å². The highest BCUT2D eigenvalue weighted by molar-refractivity contribution is 9.10. The van der Waals surface area contributed by atoms with Gasteiger partial charge in [0.1, 0.15) is 34.1 Å². The Labute approximate surface area is 185 Å². The van der Waals surface area contributed by atoms with E-state index in [1.807, 2.05) is 0 Å². The SMILES string of the molecule is Cc1cc(OCc2ccc(F)cc2F)c(Br)c(=O)n1-c1ccc2c(c1)C(C)(C)OC2=O. The van der Waals surface area contributed by atoms with E-state index in [0.717, 1.165) is 12.1 Å². The molecule has 0 aliphatic carbocycles. The normalized spacial score (nSPS) is 14.3. The number of ether oxygens (including phenoxy) is 2. The predicted molar refractivity (Wildman–Crippen MR) is 114 cm³/mol. The van der Waals surface area contributed by atoms with Gasteiger partial charge in [0.25, 0.3) is 5.56 Å². The lowest BCUT2D eigenvalue weighted by Gasteiger charge is -2.19. The Morgan fingerprint density at radius 2 is 1.84 bits per heavy atom. The van der Waals surface area contributed by atoms with Gasteiger partial charge >= 0.3 is 5.97 Å². The van der Waals surface area contributed by atoms with Crippen LogP contribution in [0.5, 0.6) is 5.75 Å². The van der Waals surface area contributed by atoms with Crippen molar-refractivity contribution >= 4 is 21.9 Å². The van der Waals surface area contributed by atoms with Crippen LogP contribution in [0.3, 0.4) is 0 Å². The Bertz CT molecular complexity index is 1280. The van der Waals surface area contributed by atoms with Gasteiger partial charge in [0.15, 0.2) is 0 Å². The molecular weight excluding hydrogens is 472 g/mol. The highest BCUT2D eigenvalue weighted by Crippen LogP contribution is 2.37. The van der Waals surface area contributed by atoms with E-state index in [1.54, 1.807) is 45.0 Å². The maximum atomic E-state index is 13.9. The Morgan fingerprint density at radius 1 is 1.10 bits per heavy atom. The lowest BCUT2D eigenvalue weighted by atomic mass is 9.95. The van der Waals surface area contributed by atoms with Crippen LogP contribution in [0.2, 0.25) is 0 Å². The molecule has 160 valence electrons. The largest absolute Gasteiger partial charge is 0.487 e. The first-order chi connectivity index (χ1) is 14.6. The molecule has 0 spiro atoms. The molecule has 0 amide bonds. The van der Waals surface area contributed by atoms with Crippen LogP contribution in [0.15, 0.2) is 51.7 Å². The molecule has 1 aliphatic rings. The number of carbonyl (C=O) groups is 1. The summed E-state index contributed by atoms with van der Waals surface area (Å²) in [5.74, 6) is -1.56. The molecule has 4 rings (SSSR count). The summed E-state index contributed by atoms with van der Waals surface area (Å²) < 4.78 is 39.6. The first-order valence-corrected chi connectivity index (χ1v) is 10.2. The number of halogens is 3. The summed E-state index contributed by atoms with van der Waals surface area (Å²) in [4.78, 5) is 25.1. The number of pyridine rings is 1. The third-order valence-corrected chi connectivity index (χ3v) is 5.91. The van der Waals surface area contributed by atoms with Gasteiger partial charge in [-0.1, -0.05) is 0 Å². The quantitative estimate of drug-likeness (QED) is 0.474. The van der Waals surface area contributed by atoms with E-state index in [0.29, 0.717) is 22.5 Å². The zero-order valence-corrected chi connectivity index (χ0v) is 18.5. The molecule has 0 saturated heterocycles. The minimum absolute atomic E-state index is 0.160. The fraction of sp³-hybridized carbons (Fsp3) is 0.217. The standard InChI is InChI=1S/C23H18BrF2NO4/c1-12-8-19(30-11-13-4-5-14(25)9-18(13)26)20(24)21(28)27(12)15-6-7-16-17(10-15)23(2,3)31-22(16)29/h4-10H,11H2,1-3H3. The average molecular weight is 490 g/mol. The van der Waals surface area contributed by atoms with Crippen LogP contribution in [0.25, 0.3) is 5.69 Å². The summed E-state index contributed by atoms with van der Waals surface area (Å²) in [5.41, 5.74) is 1.32. The number of nitrogens with zero attached hydrogens (tertiary/aromatic N) is 1. The number of rotatable bonds is 4. The van der Waals surface area contributed by atoms with Crippen molar-refractivity contribution in [3.63, 3.8) is 0 Å². The second kappa shape index (κ2) is 7.60. The van der Waals surface area contributed by atoms with Gasteiger partial charge in [-0.3, -0.25) is 9.36 Å². The lowest BCUT2D eigenvalue weighted by Crippen LogP contribution is -2.23. The Hall–Kier alpha value is -3.00. The van der Waals surface area contributed by atoms with Crippen LogP contribution in [0.4, 0.5) is 8.78 Å². The van der Waals surface area contributed by atoms with Gasteiger partial charge in [0, 0.05) is 34.6 Å². The van der Waals surface area contributed by atoms with Crippen LogP contribution in [-0.2, 0) is 16.9 Å². The van der Waals surface area contributed by atoms with E-state index in [1.165, 1.54) is 10.6 Å². The summed E-state index contributed by atoms with van der Waals surface area (Å²) in [6, 6.07) is 9.94. The number of hydrogen-bond donors (Lipinski definition) is 0. The molecule has 3 aromatic rings. The molecule has 2 aromatic carbocycles. The zero-order valence-electron chi connectivity index (χ0n) is 17.0. The molecule has 0 saturated carbocycles. The maximum Gasteiger partial charge on any atom is 0.339 e. The molecule has 0 radical (unpaired) electrons. The van der Waals surface area contributed by atoms with Crippen LogP contribution < -0.4 is 10.3 Å². The van der Waals surface area contributed by atoms with Crippen molar-refractivity contribution in [1.82, 2.24) is 4.57 Å². The van der Waals surface area contributed by atoms with E-state index in [2.05, 4.69) is 15.9 Å². The van der Waals surface area contributed by atoms with E-state index in [4.69, 9.17) is 9.47 Å². The number of fused-ring (bicyclic) bond motifs is 1. The van der Waals surface area contributed by atoms with Gasteiger partial charge < -0.3 is 9.47 Å². The van der Waals surface area contributed by atoms with Gasteiger partial charge in [0.2, 0.25) is 0 Å². The minimum Gasteiger partial charge on any atom is -0.487 e. The molecule has 1 aliphatic heterocycles. The number of aromatic nitrogens is 1. The Morgan fingerprint density at radius 3 is 2.55 bits per heavy atom.